The van der Waals surface area contributed by atoms with Crippen LogP contribution in [-0.2, 0) is 6.42 Å². The zero-order valence-corrected chi connectivity index (χ0v) is 12.9. The number of hydrogen-bond donors (Lipinski definition) is 2. The molecule has 5 nitrogen and oxygen atoms in total. The summed E-state index contributed by atoms with van der Waals surface area (Å²) < 4.78 is 18.2. The molecule has 0 unspecified atom stereocenters. The van der Waals surface area contributed by atoms with Gasteiger partial charge in [-0.3, -0.25) is 9.98 Å². The molecular formula is C17H21FN4O. The maximum Gasteiger partial charge on any atom is 0.188 e. The van der Waals surface area contributed by atoms with Crippen LogP contribution in [0.15, 0.2) is 53.7 Å². The Labute approximate surface area is 135 Å². The molecule has 0 saturated carbocycles. The minimum atomic E-state index is -0.272. The summed E-state index contributed by atoms with van der Waals surface area (Å²) in [6.45, 7) is 1.78. The number of aromatic nitrogens is 1. The molecule has 1 aromatic heterocycles. The lowest BCUT2D eigenvalue weighted by Crippen LogP contribution is -2.33. The first-order valence-electron chi connectivity index (χ1n) is 7.56. The number of nitrogens with one attached hydrogen (secondary N) is 1. The van der Waals surface area contributed by atoms with E-state index in [2.05, 4.69) is 15.3 Å². The zero-order chi connectivity index (χ0) is 16.3. The molecule has 122 valence electrons. The lowest BCUT2D eigenvalue weighted by molar-refractivity contribution is 0.313. The molecule has 23 heavy (non-hydrogen) atoms. The number of guanidine groups is 1. The fourth-order valence-corrected chi connectivity index (χ4v) is 1.91. The molecule has 2 rings (SSSR count). The summed E-state index contributed by atoms with van der Waals surface area (Å²) in [5.41, 5.74) is 6.80. The second-order valence-corrected chi connectivity index (χ2v) is 4.92. The van der Waals surface area contributed by atoms with Crippen molar-refractivity contribution in [1.29, 1.82) is 0 Å². The van der Waals surface area contributed by atoms with Crippen LogP contribution in [0.3, 0.4) is 0 Å². The minimum absolute atomic E-state index is 0.272. The molecular weight excluding hydrogens is 295 g/mol. The van der Waals surface area contributed by atoms with E-state index in [9.17, 15) is 4.39 Å². The number of nitrogens with zero attached hydrogens (tertiary/aromatic N) is 2. The Balaban J connectivity index is 1.56. The van der Waals surface area contributed by atoms with Crippen molar-refractivity contribution in [1.82, 2.24) is 10.3 Å². The van der Waals surface area contributed by atoms with Gasteiger partial charge in [0.15, 0.2) is 5.96 Å². The molecule has 0 spiro atoms. The number of benzene rings is 1. The Bertz CT molecular complexity index is 602. The minimum Gasteiger partial charge on any atom is -0.494 e. The van der Waals surface area contributed by atoms with E-state index in [0.29, 0.717) is 31.4 Å². The molecule has 0 aliphatic heterocycles. The summed E-state index contributed by atoms with van der Waals surface area (Å²) >= 11 is 0. The van der Waals surface area contributed by atoms with Gasteiger partial charge < -0.3 is 15.8 Å². The van der Waals surface area contributed by atoms with Crippen LogP contribution in [0.1, 0.15) is 12.1 Å². The summed E-state index contributed by atoms with van der Waals surface area (Å²) in [5, 5.41) is 3.05. The SMILES string of the molecule is NC(=NCCCOc1ccc(F)cc1)NCCc1ccccn1. The van der Waals surface area contributed by atoms with E-state index in [-0.39, 0.29) is 5.82 Å². The quantitative estimate of drug-likeness (QED) is 0.444. The van der Waals surface area contributed by atoms with E-state index in [1.807, 2.05) is 18.2 Å². The van der Waals surface area contributed by atoms with Gasteiger partial charge in [-0.25, -0.2) is 4.39 Å². The van der Waals surface area contributed by atoms with Gasteiger partial charge in [-0.1, -0.05) is 6.07 Å². The maximum absolute atomic E-state index is 12.7. The zero-order valence-electron chi connectivity index (χ0n) is 12.9. The van der Waals surface area contributed by atoms with Gasteiger partial charge >= 0.3 is 0 Å². The van der Waals surface area contributed by atoms with E-state index < -0.39 is 0 Å². The molecule has 0 aliphatic rings. The van der Waals surface area contributed by atoms with Crippen LogP contribution < -0.4 is 15.8 Å². The number of nitrogens with two attached hydrogens (primary N) is 1. The van der Waals surface area contributed by atoms with Crippen molar-refractivity contribution in [2.45, 2.75) is 12.8 Å². The molecule has 1 aromatic carbocycles. The molecule has 0 bridgehead atoms. The number of halogens is 1. The third kappa shape index (κ3) is 6.78. The van der Waals surface area contributed by atoms with E-state index >= 15 is 0 Å². The van der Waals surface area contributed by atoms with Gasteiger partial charge in [-0.2, -0.15) is 0 Å². The average molecular weight is 316 g/mol. The molecule has 0 radical (unpaired) electrons. The summed E-state index contributed by atoms with van der Waals surface area (Å²) in [5.74, 6) is 0.797. The summed E-state index contributed by atoms with van der Waals surface area (Å²) in [6.07, 6.45) is 3.30. The highest BCUT2D eigenvalue weighted by Crippen LogP contribution is 2.10. The van der Waals surface area contributed by atoms with Crippen LogP contribution in [0.4, 0.5) is 4.39 Å². The van der Waals surface area contributed by atoms with Crippen LogP contribution in [-0.4, -0.2) is 30.6 Å². The largest absolute Gasteiger partial charge is 0.494 e. The van der Waals surface area contributed by atoms with Crippen LogP contribution in [0.2, 0.25) is 0 Å². The van der Waals surface area contributed by atoms with Crippen molar-refractivity contribution in [3.8, 4) is 5.75 Å². The van der Waals surface area contributed by atoms with Gasteiger partial charge in [0.05, 0.1) is 6.61 Å². The molecule has 0 aliphatic carbocycles. The van der Waals surface area contributed by atoms with Crippen LogP contribution in [0, 0.1) is 5.82 Å². The lowest BCUT2D eigenvalue weighted by Gasteiger charge is -2.06. The lowest BCUT2D eigenvalue weighted by atomic mass is 10.3. The highest BCUT2D eigenvalue weighted by molar-refractivity contribution is 5.77. The highest BCUT2D eigenvalue weighted by Gasteiger charge is 1.96. The molecule has 0 amide bonds. The molecule has 0 fully saturated rings. The predicted molar refractivity (Wildman–Crippen MR) is 88.9 cm³/mol. The number of aliphatic imine (C=N–C) groups is 1. The number of pyridine rings is 1. The number of rotatable bonds is 8. The van der Waals surface area contributed by atoms with E-state index in [1.54, 1.807) is 18.3 Å². The average Bonchev–Trinajstić information content (AvgIpc) is 2.57. The van der Waals surface area contributed by atoms with Crippen LogP contribution in [0.5, 0.6) is 5.75 Å². The highest BCUT2D eigenvalue weighted by atomic mass is 19.1. The summed E-state index contributed by atoms with van der Waals surface area (Å²) in [4.78, 5) is 8.46. The van der Waals surface area contributed by atoms with Crippen molar-refractivity contribution in [2.24, 2.45) is 10.7 Å². The number of hydrogen-bond acceptors (Lipinski definition) is 3. The van der Waals surface area contributed by atoms with Gasteiger partial charge in [0.25, 0.3) is 0 Å². The Morgan fingerprint density at radius 2 is 2.04 bits per heavy atom. The maximum atomic E-state index is 12.7. The summed E-state index contributed by atoms with van der Waals surface area (Å²) in [7, 11) is 0. The first kappa shape index (κ1) is 16.7. The monoisotopic (exact) mass is 316 g/mol. The molecule has 6 heteroatoms. The van der Waals surface area contributed by atoms with Crippen molar-refractivity contribution in [3.05, 3.63) is 60.2 Å². The van der Waals surface area contributed by atoms with Gasteiger partial charge in [-0.05, 0) is 36.4 Å². The predicted octanol–water partition coefficient (Wildman–Crippen LogP) is 2.14. The Morgan fingerprint density at radius 1 is 1.22 bits per heavy atom. The van der Waals surface area contributed by atoms with Gasteiger partial charge in [0.1, 0.15) is 11.6 Å². The standard InChI is InChI=1S/C17H21FN4O/c18-14-5-7-16(8-6-14)23-13-3-11-21-17(19)22-12-9-15-4-1-2-10-20-15/h1-2,4-8,10H,3,9,11-13H2,(H3,19,21,22). The molecule has 0 atom stereocenters. The van der Waals surface area contributed by atoms with Crippen LogP contribution in [0.25, 0.3) is 0 Å². The van der Waals surface area contributed by atoms with Crippen LogP contribution >= 0.6 is 0 Å². The second-order valence-electron chi connectivity index (χ2n) is 4.92. The van der Waals surface area contributed by atoms with E-state index in [0.717, 1.165) is 18.5 Å². The topological polar surface area (TPSA) is 72.5 Å². The molecule has 3 N–H and O–H groups in total. The van der Waals surface area contributed by atoms with Gasteiger partial charge in [0.2, 0.25) is 0 Å². The van der Waals surface area contributed by atoms with Crippen molar-refractivity contribution in [3.63, 3.8) is 0 Å². The normalized spacial score (nSPS) is 11.3. The third-order valence-corrected chi connectivity index (χ3v) is 3.08. The van der Waals surface area contributed by atoms with Crippen molar-refractivity contribution < 1.29 is 9.13 Å². The fraction of sp³-hybridized carbons (Fsp3) is 0.294. The first-order chi connectivity index (χ1) is 11.2. The number of ether oxygens (including phenoxy) is 1. The molecule has 2 aromatic rings. The Morgan fingerprint density at radius 3 is 2.78 bits per heavy atom. The fourth-order valence-electron chi connectivity index (χ4n) is 1.91. The smallest absolute Gasteiger partial charge is 0.188 e. The van der Waals surface area contributed by atoms with Crippen molar-refractivity contribution in [2.75, 3.05) is 19.7 Å². The van der Waals surface area contributed by atoms with Gasteiger partial charge in [0, 0.05) is 37.8 Å². The Kier molecular flexibility index (Phi) is 6.84. The molecule has 0 saturated heterocycles. The van der Waals surface area contributed by atoms with E-state index in [4.69, 9.17) is 10.5 Å². The summed E-state index contributed by atoms with van der Waals surface area (Å²) in [6, 6.07) is 11.8. The third-order valence-electron chi connectivity index (χ3n) is 3.08. The first-order valence-corrected chi connectivity index (χ1v) is 7.56. The van der Waals surface area contributed by atoms with Crippen molar-refractivity contribution >= 4 is 5.96 Å². The molecule has 1 heterocycles. The Hall–Kier alpha value is -2.63. The van der Waals surface area contributed by atoms with Gasteiger partial charge in [-0.15, -0.1) is 0 Å². The van der Waals surface area contributed by atoms with E-state index in [1.165, 1.54) is 12.1 Å². The second kappa shape index (κ2) is 9.40.